The highest BCUT2D eigenvalue weighted by Gasteiger charge is 2.02. The molecule has 13 heavy (non-hydrogen) atoms. The first-order valence-electron chi connectivity index (χ1n) is 3.73. The van der Waals surface area contributed by atoms with Gasteiger partial charge in [-0.25, -0.2) is 0 Å². The number of phenols is 1. The second kappa shape index (κ2) is 4.74. The van der Waals surface area contributed by atoms with Crippen LogP contribution >= 0.6 is 15.9 Å². The molecule has 0 saturated heterocycles. The fraction of sp³-hybridized carbons (Fsp3) is 0.250. The van der Waals surface area contributed by atoms with Crippen LogP contribution in [0.1, 0.15) is 5.56 Å². The monoisotopic (exact) mass is 241 g/mol. The normalized spacial score (nSPS) is 9.31. The van der Waals surface area contributed by atoms with Crippen molar-refractivity contribution in [2.75, 3.05) is 6.54 Å². The Kier molecular flexibility index (Phi) is 3.61. The van der Waals surface area contributed by atoms with E-state index in [0.29, 0.717) is 17.4 Å². The topological polar surface area (TPSA) is 69.0 Å². The smallest absolute Gasteiger partial charge is 0.130 e. The molecule has 0 radical (unpaired) electrons. The van der Waals surface area contributed by atoms with Crippen molar-refractivity contribution in [3.63, 3.8) is 0 Å². The summed E-state index contributed by atoms with van der Waals surface area (Å²) in [5.41, 5.74) is 9.00. The Hall–Kier alpha value is -1.19. The molecule has 1 rings (SSSR count). The van der Waals surface area contributed by atoms with Crippen LogP contribution in [-0.4, -0.2) is 11.7 Å². The predicted molar refractivity (Wildman–Crippen MR) is 53.5 cm³/mol. The largest absolute Gasteiger partial charge is 0.507 e. The number of benzene rings is 1. The van der Waals surface area contributed by atoms with Crippen LogP contribution in [0.2, 0.25) is 0 Å². The van der Waals surface area contributed by atoms with E-state index in [1.54, 1.807) is 12.1 Å². The quantitative estimate of drug-likeness (QED) is 0.494. The zero-order chi connectivity index (χ0) is 9.68. The lowest BCUT2D eigenvalue weighted by molar-refractivity contribution is 0.471. The summed E-state index contributed by atoms with van der Waals surface area (Å²) in [6, 6.07) is 5.23. The third kappa shape index (κ3) is 2.65. The number of nitrogens with zero attached hydrogens (tertiary/aromatic N) is 3. The molecule has 0 unspecified atom stereocenters. The number of rotatable bonds is 3. The molecule has 1 N–H and O–H groups in total. The van der Waals surface area contributed by atoms with Crippen LogP contribution in [-0.2, 0) is 6.42 Å². The molecule has 0 heterocycles. The van der Waals surface area contributed by atoms with Gasteiger partial charge in [-0.3, -0.25) is 0 Å². The van der Waals surface area contributed by atoms with Crippen molar-refractivity contribution >= 4 is 15.9 Å². The Balaban J connectivity index is 2.76. The number of azide groups is 1. The van der Waals surface area contributed by atoms with Crippen molar-refractivity contribution in [2.45, 2.75) is 6.42 Å². The van der Waals surface area contributed by atoms with Gasteiger partial charge >= 0.3 is 0 Å². The molecular weight excluding hydrogens is 234 g/mol. The Morgan fingerprint density at radius 1 is 1.54 bits per heavy atom. The summed E-state index contributed by atoms with van der Waals surface area (Å²) < 4.78 is 0.670. The van der Waals surface area contributed by atoms with Crippen molar-refractivity contribution in [3.8, 4) is 5.75 Å². The van der Waals surface area contributed by atoms with E-state index in [0.717, 1.165) is 5.56 Å². The van der Waals surface area contributed by atoms with Crippen molar-refractivity contribution in [3.05, 3.63) is 38.7 Å². The third-order valence-corrected chi connectivity index (χ3v) is 2.52. The highest BCUT2D eigenvalue weighted by Crippen LogP contribution is 2.27. The third-order valence-electron chi connectivity index (χ3n) is 1.60. The molecule has 0 fully saturated rings. The van der Waals surface area contributed by atoms with Gasteiger partial charge in [0.25, 0.3) is 0 Å². The molecule has 0 amide bonds. The van der Waals surface area contributed by atoms with Crippen molar-refractivity contribution < 1.29 is 5.11 Å². The highest BCUT2D eigenvalue weighted by molar-refractivity contribution is 9.10. The minimum atomic E-state index is 0.207. The summed E-state index contributed by atoms with van der Waals surface area (Å²) in [6.07, 6.45) is 0.624. The van der Waals surface area contributed by atoms with Crippen LogP contribution in [0.3, 0.4) is 0 Å². The Labute approximate surface area is 84.0 Å². The number of phenolic OH excluding ortho intramolecular Hbond substituents is 1. The summed E-state index contributed by atoms with van der Waals surface area (Å²) >= 11 is 3.25. The van der Waals surface area contributed by atoms with E-state index in [-0.39, 0.29) is 5.75 Å². The van der Waals surface area contributed by atoms with Crippen LogP contribution in [0.25, 0.3) is 10.4 Å². The summed E-state index contributed by atoms with van der Waals surface area (Å²) in [4.78, 5) is 2.65. The zero-order valence-electron chi connectivity index (χ0n) is 6.81. The molecule has 4 nitrogen and oxygen atoms in total. The Morgan fingerprint density at radius 3 is 3.00 bits per heavy atom. The van der Waals surface area contributed by atoms with Gasteiger partial charge < -0.3 is 5.11 Å². The van der Waals surface area contributed by atoms with E-state index < -0.39 is 0 Å². The maximum atomic E-state index is 9.31. The van der Waals surface area contributed by atoms with Gasteiger partial charge in [0.15, 0.2) is 0 Å². The van der Waals surface area contributed by atoms with Gasteiger partial charge in [0, 0.05) is 11.5 Å². The minimum absolute atomic E-state index is 0.207. The first-order chi connectivity index (χ1) is 6.25. The molecule has 0 bridgehead atoms. The van der Waals surface area contributed by atoms with Crippen LogP contribution in [0.15, 0.2) is 27.8 Å². The highest BCUT2D eigenvalue weighted by atomic mass is 79.9. The van der Waals surface area contributed by atoms with Crippen molar-refractivity contribution in [2.24, 2.45) is 5.11 Å². The Morgan fingerprint density at radius 2 is 2.31 bits per heavy atom. The molecular formula is C8H8BrN3O. The van der Waals surface area contributed by atoms with Crippen LogP contribution < -0.4 is 0 Å². The molecule has 0 aromatic heterocycles. The lowest BCUT2D eigenvalue weighted by atomic mass is 10.1. The molecule has 0 aliphatic carbocycles. The van der Waals surface area contributed by atoms with E-state index in [1.807, 2.05) is 6.07 Å². The predicted octanol–water partition coefficient (Wildman–Crippen LogP) is 3.01. The average Bonchev–Trinajstić information content (AvgIpc) is 2.13. The SMILES string of the molecule is [N-]=[N+]=NCCc1cccc(O)c1Br. The molecule has 0 aliphatic heterocycles. The van der Waals surface area contributed by atoms with E-state index >= 15 is 0 Å². The number of hydrogen-bond acceptors (Lipinski definition) is 2. The van der Waals surface area contributed by atoms with E-state index in [9.17, 15) is 5.11 Å². The summed E-state index contributed by atoms with van der Waals surface area (Å²) in [7, 11) is 0. The fourth-order valence-electron chi connectivity index (χ4n) is 0.974. The fourth-order valence-corrected chi connectivity index (χ4v) is 1.44. The first-order valence-corrected chi connectivity index (χ1v) is 4.52. The van der Waals surface area contributed by atoms with E-state index in [2.05, 4.69) is 26.0 Å². The minimum Gasteiger partial charge on any atom is -0.507 e. The molecule has 0 spiro atoms. The van der Waals surface area contributed by atoms with Gasteiger partial charge in [-0.2, -0.15) is 0 Å². The molecule has 1 aromatic carbocycles. The maximum Gasteiger partial charge on any atom is 0.130 e. The van der Waals surface area contributed by atoms with Crippen LogP contribution in [0.5, 0.6) is 5.75 Å². The van der Waals surface area contributed by atoms with Crippen molar-refractivity contribution in [1.29, 1.82) is 0 Å². The zero-order valence-corrected chi connectivity index (χ0v) is 8.40. The molecule has 0 atom stereocenters. The second-order valence-electron chi connectivity index (χ2n) is 2.45. The summed E-state index contributed by atoms with van der Waals surface area (Å²) in [5, 5.41) is 12.7. The van der Waals surface area contributed by atoms with E-state index in [4.69, 9.17) is 5.53 Å². The molecule has 0 aliphatic rings. The van der Waals surface area contributed by atoms with Gasteiger partial charge in [0.2, 0.25) is 0 Å². The molecule has 0 saturated carbocycles. The standard InChI is InChI=1S/C8H8BrN3O/c9-8-6(4-5-11-12-10)2-1-3-7(8)13/h1-3,13H,4-5H2. The van der Waals surface area contributed by atoms with Gasteiger partial charge in [-0.15, -0.1) is 0 Å². The lowest BCUT2D eigenvalue weighted by Gasteiger charge is -2.03. The van der Waals surface area contributed by atoms with Gasteiger partial charge in [-0.1, -0.05) is 17.2 Å². The lowest BCUT2D eigenvalue weighted by Crippen LogP contribution is -1.89. The summed E-state index contributed by atoms with van der Waals surface area (Å²) in [5.74, 6) is 0.207. The van der Waals surface area contributed by atoms with E-state index in [1.165, 1.54) is 0 Å². The van der Waals surface area contributed by atoms with Crippen LogP contribution in [0.4, 0.5) is 0 Å². The molecule has 1 aromatic rings. The van der Waals surface area contributed by atoms with Gasteiger partial charge in [-0.05, 0) is 39.5 Å². The van der Waals surface area contributed by atoms with Gasteiger partial charge in [0.05, 0.1) is 4.47 Å². The Bertz CT molecular complexity index is 347. The maximum absolute atomic E-state index is 9.31. The number of hydrogen-bond donors (Lipinski definition) is 1. The first kappa shape index (κ1) is 9.89. The van der Waals surface area contributed by atoms with Gasteiger partial charge in [0.1, 0.15) is 5.75 Å². The summed E-state index contributed by atoms with van der Waals surface area (Å²) in [6.45, 7) is 0.401. The molecule has 68 valence electrons. The average molecular weight is 242 g/mol. The number of halogens is 1. The second-order valence-corrected chi connectivity index (χ2v) is 3.25. The van der Waals surface area contributed by atoms with Crippen molar-refractivity contribution in [1.82, 2.24) is 0 Å². The van der Waals surface area contributed by atoms with Crippen LogP contribution in [0, 0.1) is 0 Å². The number of aromatic hydroxyl groups is 1. The molecule has 5 heteroatoms.